The SMILES string of the molecule is Cc1cnc(C(=O)Nc2ccc(CN3CCN(C)CC3)c(C(C)(C)C)c2)cc1Br. The second-order valence-corrected chi connectivity index (χ2v) is 9.83. The molecule has 0 atom stereocenters. The number of nitrogens with one attached hydrogen (secondary N) is 1. The van der Waals surface area contributed by atoms with Gasteiger partial charge in [-0.1, -0.05) is 42.8 Å². The van der Waals surface area contributed by atoms with Crippen LogP contribution >= 0.6 is 15.9 Å². The number of carbonyl (C=O) groups is 1. The Balaban J connectivity index is 1.79. The third-order valence-electron chi connectivity index (χ3n) is 5.44. The Morgan fingerprint density at radius 1 is 1.17 bits per heavy atom. The van der Waals surface area contributed by atoms with E-state index in [9.17, 15) is 4.79 Å². The number of halogens is 1. The summed E-state index contributed by atoms with van der Waals surface area (Å²) in [7, 11) is 2.18. The zero-order chi connectivity index (χ0) is 21.2. The summed E-state index contributed by atoms with van der Waals surface area (Å²) < 4.78 is 0.885. The molecule has 0 spiro atoms. The van der Waals surface area contributed by atoms with Crippen molar-refractivity contribution in [2.24, 2.45) is 0 Å². The smallest absolute Gasteiger partial charge is 0.274 e. The minimum atomic E-state index is -0.197. The van der Waals surface area contributed by atoms with Crippen molar-refractivity contribution in [3.8, 4) is 0 Å². The summed E-state index contributed by atoms with van der Waals surface area (Å²) in [5.74, 6) is -0.197. The first-order valence-electron chi connectivity index (χ1n) is 10.1. The van der Waals surface area contributed by atoms with Crippen molar-refractivity contribution in [2.75, 3.05) is 38.5 Å². The maximum atomic E-state index is 12.7. The van der Waals surface area contributed by atoms with Gasteiger partial charge in [0.15, 0.2) is 0 Å². The molecule has 1 fully saturated rings. The molecule has 1 aliphatic rings. The summed E-state index contributed by atoms with van der Waals surface area (Å²) >= 11 is 3.47. The van der Waals surface area contributed by atoms with Gasteiger partial charge in [-0.2, -0.15) is 0 Å². The number of nitrogens with zero attached hydrogens (tertiary/aromatic N) is 3. The van der Waals surface area contributed by atoms with Gasteiger partial charge in [0.25, 0.3) is 5.91 Å². The number of rotatable bonds is 4. The Morgan fingerprint density at radius 2 is 1.86 bits per heavy atom. The monoisotopic (exact) mass is 458 g/mol. The Kier molecular flexibility index (Phi) is 6.76. The summed E-state index contributed by atoms with van der Waals surface area (Å²) in [6.07, 6.45) is 1.71. The quantitative estimate of drug-likeness (QED) is 0.734. The van der Waals surface area contributed by atoms with Crippen LogP contribution < -0.4 is 5.32 Å². The standard InChI is InChI=1S/C23H31BrN4O/c1-16-14-25-21(13-20(16)24)22(29)26-18-7-6-17(19(12-18)23(2,3)4)15-28-10-8-27(5)9-11-28/h6-7,12-14H,8-11,15H2,1-5H3,(H,26,29). The molecule has 5 nitrogen and oxygen atoms in total. The number of amides is 1. The van der Waals surface area contributed by atoms with Crippen LogP contribution in [0.15, 0.2) is 34.9 Å². The molecule has 0 bridgehead atoms. The molecule has 0 unspecified atom stereocenters. The number of pyridine rings is 1. The summed E-state index contributed by atoms with van der Waals surface area (Å²) in [6, 6.07) is 8.04. The highest BCUT2D eigenvalue weighted by molar-refractivity contribution is 9.10. The molecule has 29 heavy (non-hydrogen) atoms. The first-order valence-corrected chi connectivity index (χ1v) is 10.9. The van der Waals surface area contributed by atoms with Crippen LogP contribution in [0.2, 0.25) is 0 Å². The topological polar surface area (TPSA) is 48.5 Å². The number of aryl methyl sites for hydroxylation is 1. The molecule has 2 aromatic rings. The van der Waals surface area contributed by atoms with Gasteiger partial charge in [-0.25, -0.2) is 0 Å². The van der Waals surface area contributed by atoms with Crippen LogP contribution in [0.3, 0.4) is 0 Å². The summed E-state index contributed by atoms with van der Waals surface area (Å²) in [6.45, 7) is 14.0. The van der Waals surface area contributed by atoms with Crippen LogP contribution in [0.25, 0.3) is 0 Å². The third-order valence-corrected chi connectivity index (χ3v) is 6.29. The molecule has 2 heterocycles. The highest BCUT2D eigenvalue weighted by Crippen LogP contribution is 2.30. The van der Waals surface area contributed by atoms with Gasteiger partial charge in [0.1, 0.15) is 5.69 Å². The van der Waals surface area contributed by atoms with E-state index in [2.05, 4.69) is 76.0 Å². The number of aromatic nitrogens is 1. The largest absolute Gasteiger partial charge is 0.321 e. The first-order chi connectivity index (χ1) is 13.6. The van der Waals surface area contributed by atoms with Gasteiger partial charge in [0.05, 0.1) is 0 Å². The van der Waals surface area contributed by atoms with Gasteiger partial charge in [0.2, 0.25) is 0 Å². The zero-order valence-electron chi connectivity index (χ0n) is 18.1. The first kappa shape index (κ1) is 21.9. The fourth-order valence-corrected chi connectivity index (χ4v) is 3.87. The van der Waals surface area contributed by atoms with Crippen molar-refractivity contribution < 1.29 is 4.79 Å². The molecule has 1 N–H and O–H groups in total. The Morgan fingerprint density at radius 3 is 2.48 bits per heavy atom. The molecule has 156 valence electrons. The van der Waals surface area contributed by atoms with Gasteiger partial charge in [-0.3, -0.25) is 14.7 Å². The van der Waals surface area contributed by atoms with Crippen LogP contribution in [0.1, 0.15) is 48.0 Å². The Labute approximate surface area is 182 Å². The lowest BCUT2D eigenvalue weighted by atomic mass is 9.83. The molecule has 0 aliphatic carbocycles. The van der Waals surface area contributed by atoms with E-state index in [1.54, 1.807) is 12.3 Å². The molecule has 1 aromatic carbocycles. The lowest BCUT2D eigenvalue weighted by molar-refractivity contribution is 0.102. The molecule has 6 heteroatoms. The molecule has 1 aromatic heterocycles. The lowest BCUT2D eigenvalue weighted by Crippen LogP contribution is -2.44. The highest BCUT2D eigenvalue weighted by Gasteiger charge is 2.22. The fourth-order valence-electron chi connectivity index (χ4n) is 3.56. The van der Waals surface area contributed by atoms with Gasteiger partial charge in [-0.15, -0.1) is 0 Å². The van der Waals surface area contributed by atoms with E-state index in [0.717, 1.165) is 48.4 Å². The van der Waals surface area contributed by atoms with Gasteiger partial charge in [0, 0.05) is 49.1 Å². The predicted molar refractivity (Wildman–Crippen MR) is 123 cm³/mol. The zero-order valence-corrected chi connectivity index (χ0v) is 19.6. The van der Waals surface area contributed by atoms with E-state index in [1.165, 1.54) is 11.1 Å². The molecule has 3 rings (SSSR count). The average molecular weight is 459 g/mol. The molecule has 0 saturated carbocycles. The van der Waals surface area contributed by atoms with E-state index < -0.39 is 0 Å². The minimum Gasteiger partial charge on any atom is -0.321 e. The van der Waals surface area contributed by atoms with Crippen LogP contribution in [0.4, 0.5) is 5.69 Å². The Bertz CT molecular complexity index is 883. The second-order valence-electron chi connectivity index (χ2n) is 8.97. The normalized spacial score (nSPS) is 16.1. The van der Waals surface area contributed by atoms with Crippen molar-refractivity contribution in [1.29, 1.82) is 0 Å². The maximum Gasteiger partial charge on any atom is 0.274 e. The fraction of sp³-hybridized carbons (Fsp3) is 0.478. The van der Waals surface area contributed by atoms with E-state index in [1.807, 2.05) is 13.0 Å². The minimum absolute atomic E-state index is 0.00616. The van der Waals surface area contributed by atoms with Crippen LogP contribution in [-0.2, 0) is 12.0 Å². The predicted octanol–water partition coefficient (Wildman–Crippen LogP) is 4.45. The number of carbonyl (C=O) groups excluding carboxylic acids is 1. The molecule has 1 aliphatic heterocycles. The molecule has 1 amide bonds. The number of hydrogen-bond acceptors (Lipinski definition) is 4. The third kappa shape index (κ3) is 5.65. The van der Waals surface area contributed by atoms with E-state index in [0.29, 0.717) is 5.69 Å². The number of likely N-dealkylation sites (N-methyl/N-ethyl adjacent to an activating group) is 1. The van der Waals surface area contributed by atoms with E-state index in [4.69, 9.17) is 0 Å². The number of benzene rings is 1. The van der Waals surface area contributed by atoms with Crippen LogP contribution in [0.5, 0.6) is 0 Å². The highest BCUT2D eigenvalue weighted by atomic mass is 79.9. The summed E-state index contributed by atoms with van der Waals surface area (Å²) in [5.41, 5.74) is 4.81. The van der Waals surface area contributed by atoms with E-state index in [-0.39, 0.29) is 11.3 Å². The van der Waals surface area contributed by atoms with Crippen molar-refractivity contribution >= 4 is 27.5 Å². The number of piperazine rings is 1. The van der Waals surface area contributed by atoms with Gasteiger partial charge in [-0.05, 0) is 54.3 Å². The van der Waals surface area contributed by atoms with E-state index >= 15 is 0 Å². The Hall–Kier alpha value is -1.76. The van der Waals surface area contributed by atoms with Crippen molar-refractivity contribution in [1.82, 2.24) is 14.8 Å². The van der Waals surface area contributed by atoms with Crippen LogP contribution in [-0.4, -0.2) is 53.9 Å². The van der Waals surface area contributed by atoms with Crippen molar-refractivity contribution in [3.63, 3.8) is 0 Å². The number of hydrogen-bond donors (Lipinski definition) is 1. The summed E-state index contributed by atoms with van der Waals surface area (Å²) in [5, 5.41) is 3.01. The average Bonchev–Trinajstić information content (AvgIpc) is 2.66. The summed E-state index contributed by atoms with van der Waals surface area (Å²) in [4.78, 5) is 21.8. The molecule has 0 radical (unpaired) electrons. The van der Waals surface area contributed by atoms with Crippen LogP contribution in [0, 0.1) is 6.92 Å². The number of anilines is 1. The molecular weight excluding hydrogens is 428 g/mol. The molecule has 1 saturated heterocycles. The second kappa shape index (κ2) is 8.94. The van der Waals surface area contributed by atoms with Crippen molar-refractivity contribution in [2.45, 2.75) is 39.7 Å². The molecular formula is C23H31BrN4O. The van der Waals surface area contributed by atoms with Gasteiger partial charge < -0.3 is 10.2 Å². The lowest BCUT2D eigenvalue weighted by Gasteiger charge is -2.34. The maximum absolute atomic E-state index is 12.7. The van der Waals surface area contributed by atoms with Gasteiger partial charge >= 0.3 is 0 Å². The van der Waals surface area contributed by atoms with Crippen molar-refractivity contribution in [3.05, 3.63) is 57.3 Å².